The van der Waals surface area contributed by atoms with Crippen LogP contribution < -0.4 is 5.73 Å². The van der Waals surface area contributed by atoms with E-state index in [1.165, 1.54) is 6.07 Å². The van der Waals surface area contributed by atoms with E-state index >= 15 is 0 Å². The molecule has 0 spiro atoms. The molecular weight excluding hydrogens is 261 g/mol. The molecule has 0 aromatic heterocycles. The summed E-state index contributed by atoms with van der Waals surface area (Å²) in [5.41, 5.74) is 6.08. The molecule has 2 rings (SSSR count). The van der Waals surface area contributed by atoms with Gasteiger partial charge in [0.25, 0.3) is 0 Å². The van der Waals surface area contributed by atoms with Gasteiger partial charge in [0.05, 0.1) is 10.3 Å². The molecule has 0 saturated carbocycles. The molecule has 1 aromatic carbocycles. The zero-order valence-corrected chi connectivity index (χ0v) is 12.6. The molecule has 0 aliphatic carbocycles. The lowest BCUT2D eigenvalue weighted by Gasteiger charge is -2.40. The van der Waals surface area contributed by atoms with Gasteiger partial charge in [-0.1, -0.05) is 28.9 Å². The number of hydrogen-bond acceptors (Lipinski definition) is 3. The Balaban J connectivity index is 2.59. The van der Waals surface area contributed by atoms with Crippen molar-refractivity contribution in [3.63, 3.8) is 0 Å². The van der Waals surface area contributed by atoms with E-state index in [9.17, 15) is 4.39 Å². The van der Waals surface area contributed by atoms with Gasteiger partial charge in [-0.2, -0.15) is 0 Å². The summed E-state index contributed by atoms with van der Waals surface area (Å²) in [5.74, 6) is 1.01. The van der Waals surface area contributed by atoms with Gasteiger partial charge in [-0.05, 0) is 26.8 Å². The first-order valence-electron chi connectivity index (χ1n) is 6.23. The van der Waals surface area contributed by atoms with Crippen LogP contribution in [0.25, 0.3) is 0 Å². The molecule has 19 heavy (non-hydrogen) atoms. The first kappa shape index (κ1) is 14.2. The molecule has 1 aliphatic heterocycles. The number of nitrogens with zero attached hydrogens (tertiary/aromatic N) is 2. The Labute approximate surface area is 116 Å². The van der Waals surface area contributed by atoms with E-state index in [0.29, 0.717) is 17.2 Å². The SMILES string of the molecule is CN=[S@@]1C[C@@](C)(c2ccccc2F)N=C(N)C1(C)C. The number of hydrogen-bond donors (Lipinski definition) is 1. The van der Waals surface area contributed by atoms with Gasteiger partial charge >= 0.3 is 0 Å². The summed E-state index contributed by atoms with van der Waals surface area (Å²) in [6.45, 7) is 6.02. The number of aliphatic imine (C=N–C) groups is 1. The topological polar surface area (TPSA) is 50.7 Å². The Kier molecular flexibility index (Phi) is 3.51. The largest absolute Gasteiger partial charge is 0.386 e. The minimum atomic E-state index is -0.631. The van der Waals surface area contributed by atoms with Crippen LogP contribution in [0.4, 0.5) is 4.39 Å². The van der Waals surface area contributed by atoms with Crippen molar-refractivity contribution >= 4 is 16.5 Å². The summed E-state index contributed by atoms with van der Waals surface area (Å²) in [4.78, 5) is 4.60. The Morgan fingerprint density at radius 1 is 1.32 bits per heavy atom. The van der Waals surface area contributed by atoms with Crippen LogP contribution in [-0.4, -0.2) is 23.4 Å². The van der Waals surface area contributed by atoms with Gasteiger partial charge in [0.1, 0.15) is 11.7 Å². The second-order valence-electron chi connectivity index (χ2n) is 5.45. The molecule has 1 aliphatic rings. The van der Waals surface area contributed by atoms with Gasteiger partial charge in [0.15, 0.2) is 0 Å². The maximum atomic E-state index is 14.0. The molecule has 1 aromatic rings. The Morgan fingerprint density at radius 2 is 1.95 bits per heavy atom. The van der Waals surface area contributed by atoms with E-state index in [4.69, 9.17) is 5.73 Å². The van der Waals surface area contributed by atoms with Crippen molar-refractivity contribution in [2.24, 2.45) is 15.1 Å². The average Bonchev–Trinajstić information content (AvgIpc) is 2.34. The minimum absolute atomic E-state index is 0.235. The summed E-state index contributed by atoms with van der Waals surface area (Å²) >= 11 is 0. The van der Waals surface area contributed by atoms with Crippen LogP contribution in [0, 0.1) is 5.82 Å². The lowest BCUT2D eigenvalue weighted by Crippen LogP contribution is -2.51. The van der Waals surface area contributed by atoms with Crippen molar-refractivity contribution in [1.29, 1.82) is 0 Å². The number of amidine groups is 1. The summed E-state index contributed by atoms with van der Waals surface area (Å²) < 4.78 is 18.2. The van der Waals surface area contributed by atoms with Gasteiger partial charge in [-0.15, -0.1) is 0 Å². The molecule has 2 N–H and O–H groups in total. The van der Waals surface area contributed by atoms with Gasteiger partial charge in [0.2, 0.25) is 0 Å². The molecule has 104 valence electrons. The van der Waals surface area contributed by atoms with Crippen molar-refractivity contribution in [2.45, 2.75) is 31.1 Å². The maximum Gasteiger partial charge on any atom is 0.128 e. The zero-order chi connectivity index (χ0) is 14.3. The van der Waals surface area contributed by atoms with E-state index in [0.717, 1.165) is 0 Å². The van der Waals surface area contributed by atoms with Crippen LogP contribution in [0.5, 0.6) is 0 Å². The number of nitrogens with two attached hydrogens (primary N) is 1. The molecule has 0 amide bonds. The molecule has 0 unspecified atom stereocenters. The highest BCUT2D eigenvalue weighted by molar-refractivity contribution is 7.89. The molecule has 2 atom stereocenters. The molecule has 0 radical (unpaired) electrons. The van der Waals surface area contributed by atoms with Crippen molar-refractivity contribution in [1.82, 2.24) is 0 Å². The lowest BCUT2D eigenvalue weighted by molar-refractivity contribution is 0.501. The smallest absolute Gasteiger partial charge is 0.128 e. The van der Waals surface area contributed by atoms with Crippen molar-refractivity contribution in [3.05, 3.63) is 35.6 Å². The quantitative estimate of drug-likeness (QED) is 0.845. The molecule has 0 saturated heterocycles. The molecule has 0 bridgehead atoms. The lowest BCUT2D eigenvalue weighted by atomic mass is 9.93. The number of benzene rings is 1. The normalized spacial score (nSPS) is 30.2. The zero-order valence-electron chi connectivity index (χ0n) is 11.8. The third-order valence-corrected chi connectivity index (χ3v) is 6.33. The van der Waals surface area contributed by atoms with E-state index < -0.39 is 5.54 Å². The fourth-order valence-corrected chi connectivity index (χ4v) is 4.31. The van der Waals surface area contributed by atoms with Crippen LogP contribution in [0.3, 0.4) is 0 Å². The fourth-order valence-electron chi connectivity index (χ4n) is 2.33. The number of rotatable bonds is 1. The predicted octanol–water partition coefficient (Wildman–Crippen LogP) is 2.62. The monoisotopic (exact) mass is 281 g/mol. The third kappa shape index (κ3) is 2.31. The Morgan fingerprint density at radius 3 is 2.53 bits per heavy atom. The maximum absolute atomic E-state index is 14.0. The third-order valence-electron chi connectivity index (χ3n) is 3.67. The summed E-state index contributed by atoms with van der Waals surface area (Å²) in [6.07, 6.45) is 0. The highest BCUT2D eigenvalue weighted by Gasteiger charge is 2.42. The van der Waals surface area contributed by atoms with Crippen LogP contribution in [-0.2, 0) is 16.2 Å². The summed E-state index contributed by atoms with van der Waals surface area (Å²) in [6, 6.07) is 6.76. The Hall–Kier alpha value is -1.23. The van der Waals surface area contributed by atoms with Gasteiger partial charge < -0.3 is 5.73 Å². The summed E-state index contributed by atoms with van der Waals surface area (Å²) in [5, 5.41) is 0. The highest BCUT2D eigenvalue weighted by Crippen LogP contribution is 2.36. The number of halogens is 1. The van der Waals surface area contributed by atoms with E-state index in [1.807, 2.05) is 26.8 Å². The Bertz CT molecular complexity index is 566. The fraction of sp³-hybridized carbons (Fsp3) is 0.500. The van der Waals surface area contributed by atoms with Gasteiger partial charge in [0, 0.05) is 18.4 Å². The van der Waals surface area contributed by atoms with Crippen molar-refractivity contribution in [3.8, 4) is 0 Å². The highest BCUT2D eigenvalue weighted by atomic mass is 32.2. The molecule has 0 fully saturated rings. The van der Waals surface area contributed by atoms with Gasteiger partial charge in [-0.3, -0.25) is 9.36 Å². The minimum Gasteiger partial charge on any atom is -0.386 e. The first-order chi connectivity index (χ1) is 8.81. The van der Waals surface area contributed by atoms with Crippen molar-refractivity contribution < 1.29 is 4.39 Å². The molecule has 5 heteroatoms. The first-order valence-corrected chi connectivity index (χ1v) is 7.58. The van der Waals surface area contributed by atoms with Crippen LogP contribution >= 0.6 is 0 Å². The van der Waals surface area contributed by atoms with Gasteiger partial charge in [-0.25, -0.2) is 4.39 Å². The van der Waals surface area contributed by atoms with E-state index in [-0.39, 0.29) is 21.3 Å². The van der Waals surface area contributed by atoms with Crippen molar-refractivity contribution in [2.75, 3.05) is 12.8 Å². The molecule has 1 heterocycles. The second kappa shape index (κ2) is 4.71. The van der Waals surface area contributed by atoms with Crippen LogP contribution in [0.1, 0.15) is 26.3 Å². The molecule has 3 nitrogen and oxygen atoms in total. The molecular formula is C14H20FN3S. The van der Waals surface area contributed by atoms with Crippen LogP contribution in [0.2, 0.25) is 0 Å². The van der Waals surface area contributed by atoms with E-state index in [1.54, 1.807) is 19.2 Å². The summed E-state index contributed by atoms with van der Waals surface area (Å²) in [7, 11) is 1.53. The second-order valence-corrected chi connectivity index (χ2v) is 7.86. The predicted molar refractivity (Wildman–Crippen MR) is 80.0 cm³/mol. The van der Waals surface area contributed by atoms with Crippen LogP contribution in [0.15, 0.2) is 33.6 Å². The standard InChI is InChI=1S/C14H20FN3S/c1-13(2)12(16)18-14(3,9-19(13)17-4)10-7-5-6-8-11(10)15/h5-8H,9H2,1-4H3,(H2,16,18)/t14-,19+/m0/s1. The average molecular weight is 281 g/mol. The van der Waals surface area contributed by atoms with E-state index in [2.05, 4.69) is 9.36 Å².